The van der Waals surface area contributed by atoms with Crippen LogP contribution >= 0.6 is 12.4 Å². The van der Waals surface area contributed by atoms with E-state index in [0.717, 1.165) is 36.5 Å². The Morgan fingerprint density at radius 2 is 2.17 bits per heavy atom. The molecule has 1 aliphatic rings. The standard InChI is InChI=1S/C16H20N4O2.ClH/c1-22-14-6-4-13(5-7-14)20-10-8-12(19-20)11-18-16(21)15-3-2-9-17-15;/h4-8,10,15,17H,2-3,9,11H2,1H3,(H,18,21);1H. The molecule has 0 bridgehead atoms. The minimum Gasteiger partial charge on any atom is -0.497 e. The number of amides is 1. The summed E-state index contributed by atoms with van der Waals surface area (Å²) in [5.74, 6) is 0.865. The van der Waals surface area contributed by atoms with E-state index in [1.54, 1.807) is 11.8 Å². The SMILES string of the molecule is COc1ccc(-n2ccc(CNC(=O)C3CCCN3)n2)cc1.Cl. The molecule has 0 spiro atoms. The first-order valence-corrected chi connectivity index (χ1v) is 7.46. The number of hydrogen-bond donors (Lipinski definition) is 2. The van der Waals surface area contributed by atoms with Gasteiger partial charge in [0.25, 0.3) is 0 Å². The maximum Gasteiger partial charge on any atom is 0.237 e. The lowest BCUT2D eigenvalue weighted by Gasteiger charge is -2.09. The fourth-order valence-electron chi connectivity index (χ4n) is 2.54. The van der Waals surface area contributed by atoms with Gasteiger partial charge < -0.3 is 15.4 Å². The molecule has 2 heterocycles. The quantitative estimate of drug-likeness (QED) is 0.871. The van der Waals surface area contributed by atoms with Crippen LogP contribution < -0.4 is 15.4 Å². The molecule has 1 saturated heterocycles. The summed E-state index contributed by atoms with van der Waals surface area (Å²) in [4.78, 5) is 11.9. The average molecular weight is 337 g/mol. The molecule has 1 atom stereocenters. The molecule has 6 nitrogen and oxygen atoms in total. The molecule has 1 aromatic heterocycles. The number of carbonyl (C=O) groups excluding carboxylic acids is 1. The molecule has 1 amide bonds. The molecule has 0 saturated carbocycles. The number of ether oxygens (including phenoxy) is 1. The maximum atomic E-state index is 11.9. The molecule has 0 radical (unpaired) electrons. The Labute approximate surface area is 141 Å². The van der Waals surface area contributed by atoms with Gasteiger partial charge >= 0.3 is 0 Å². The second-order valence-electron chi connectivity index (χ2n) is 5.32. The van der Waals surface area contributed by atoms with E-state index in [0.29, 0.717) is 6.54 Å². The number of aromatic nitrogens is 2. The summed E-state index contributed by atoms with van der Waals surface area (Å²) in [6, 6.07) is 9.53. The largest absolute Gasteiger partial charge is 0.497 e. The molecule has 2 aromatic rings. The lowest BCUT2D eigenvalue weighted by molar-refractivity contribution is -0.122. The summed E-state index contributed by atoms with van der Waals surface area (Å²) in [6.07, 6.45) is 3.85. The summed E-state index contributed by atoms with van der Waals surface area (Å²) in [5, 5.41) is 10.6. The Bertz CT molecular complexity index is 636. The van der Waals surface area contributed by atoms with E-state index >= 15 is 0 Å². The zero-order valence-electron chi connectivity index (χ0n) is 13.0. The molecule has 1 unspecified atom stereocenters. The molecule has 7 heteroatoms. The van der Waals surface area contributed by atoms with E-state index in [1.807, 2.05) is 36.5 Å². The minimum atomic E-state index is -0.0522. The van der Waals surface area contributed by atoms with Gasteiger partial charge in [-0.3, -0.25) is 4.79 Å². The van der Waals surface area contributed by atoms with Crippen LogP contribution in [0.5, 0.6) is 5.75 Å². The van der Waals surface area contributed by atoms with Crippen molar-refractivity contribution in [2.24, 2.45) is 0 Å². The number of nitrogens with one attached hydrogen (secondary N) is 2. The topological polar surface area (TPSA) is 68.2 Å². The van der Waals surface area contributed by atoms with Crippen molar-refractivity contribution in [3.63, 3.8) is 0 Å². The van der Waals surface area contributed by atoms with Crippen molar-refractivity contribution in [2.45, 2.75) is 25.4 Å². The Kier molecular flexibility index (Phi) is 6.01. The smallest absolute Gasteiger partial charge is 0.237 e. The van der Waals surface area contributed by atoms with Gasteiger partial charge in [-0.2, -0.15) is 5.10 Å². The molecular formula is C16H21ClN4O2. The highest BCUT2D eigenvalue weighted by atomic mass is 35.5. The fourth-order valence-corrected chi connectivity index (χ4v) is 2.54. The second kappa shape index (κ2) is 7.99. The molecule has 2 N–H and O–H groups in total. The maximum absolute atomic E-state index is 11.9. The van der Waals surface area contributed by atoms with Gasteiger partial charge in [0.2, 0.25) is 5.91 Å². The van der Waals surface area contributed by atoms with Gasteiger partial charge in [-0.25, -0.2) is 4.68 Å². The van der Waals surface area contributed by atoms with Crippen LogP contribution in [-0.2, 0) is 11.3 Å². The fraction of sp³-hybridized carbons (Fsp3) is 0.375. The molecule has 1 aliphatic heterocycles. The van der Waals surface area contributed by atoms with Crippen LogP contribution in [0.3, 0.4) is 0 Å². The first-order chi connectivity index (χ1) is 10.8. The summed E-state index contributed by atoms with van der Waals surface area (Å²) in [7, 11) is 1.64. The summed E-state index contributed by atoms with van der Waals surface area (Å²) in [5.41, 5.74) is 1.79. The minimum absolute atomic E-state index is 0. The average Bonchev–Trinajstić information content (AvgIpc) is 3.24. The number of methoxy groups -OCH3 is 1. The first kappa shape index (κ1) is 17.3. The Morgan fingerprint density at radius 3 is 2.83 bits per heavy atom. The number of hydrogen-bond acceptors (Lipinski definition) is 4. The van der Waals surface area contributed by atoms with E-state index in [2.05, 4.69) is 15.7 Å². The summed E-state index contributed by atoms with van der Waals surface area (Å²) < 4.78 is 6.93. The highest BCUT2D eigenvalue weighted by Gasteiger charge is 2.21. The molecular weight excluding hydrogens is 316 g/mol. The summed E-state index contributed by atoms with van der Waals surface area (Å²) in [6.45, 7) is 1.37. The van der Waals surface area contributed by atoms with Gasteiger partial charge in [-0.05, 0) is 49.7 Å². The third-order valence-electron chi connectivity index (χ3n) is 3.80. The van der Waals surface area contributed by atoms with Crippen molar-refractivity contribution in [3.8, 4) is 11.4 Å². The van der Waals surface area contributed by atoms with Gasteiger partial charge in [0.15, 0.2) is 0 Å². The van der Waals surface area contributed by atoms with Gasteiger partial charge in [-0.1, -0.05) is 0 Å². The number of rotatable bonds is 5. The van der Waals surface area contributed by atoms with E-state index in [9.17, 15) is 4.79 Å². The van der Waals surface area contributed by atoms with Crippen LogP contribution in [0.15, 0.2) is 36.5 Å². The number of carbonyl (C=O) groups is 1. The number of benzene rings is 1. The molecule has 124 valence electrons. The predicted octanol–water partition coefficient (Wildman–Crippen LogP) is 1.67. The van der Waals surface area contributed by atoms with E-state index in [-0.39, 0.29) is 24.4 Å². The van der Waals surface area contributed by atoms with Crippen LogP contribution in [0.2, 0.25) is 0 Å². The third kappa shape index (κ3) is 4.24. The molecule has 0 aliphatic carbocycles. The van der Waals surface area contributed by atoms with Crippen molar-refractivity contribution in [1.82, 2.24) is 20.4 Å². The lowest BCUT2D eigenvalue weighted by Crippen LogP contribution is -2.40. The Hall–Kier alpha value is -2.05. The van der Waals surface area contributed by atoms with Crippen LogP contribution in [0.1, 0.15) is 18.5 Å². The van der Waals surface area contributed by atoms with E-state index in [4.69, 9.17) is 4.74 Å². The van der Waals surface area contributed by atoms with Crippen LogP contribution in [0.4, 0.5) is 0 Å². The van der Waals surface area contributed by atoms with Crippen molar-refractivity contribution in [3.05, 3.63) is 42.2 Å². The number of halogens is 1. The molecule has 3 rings (SSSR count). The van der Waals surface area contributed by atoms with Gasteiger partial charge in [0.1, 0.15) is 5.75 Å². The Morgan fingerprint density at radius 1 is 1.39 bits per heavy atom. The van der Waals surface area contributed by atoms with E-state index < -0.39 is 0 Å². The summed E-state index contributed by atoms with van der Waals surface area (Å²) >= 11 is 0. The highest BCUT2D eigenvalue weighted by Crippen LogP contribution is 2.14. The monoisotopic (exact) mass is 336 g/mol. The molecule has 1 aromatic carbocycles. The number of nitrogens with zero attached hydrogens (tertiary/aromatic N) is 2. The third-order valence-corrected chi connectivity index (χ3v) is 3.80. The van der Waals surface area contributed by atoms with Crippen molar-refractivity contribution >= 4 is 18.3 Å². The molecule has 1 fully saturated rings. The van der Waals surface area contributed by atoms with Crippen molar-refractivity contribution in [2.75, 3.05) is 13.7 Å². The highest BCUT2D eigenvalue weighted by molar-refractivity contribution is 5.85. The van der Waals surface area contributed by atoms with Crippen LogP contribution in [0, 0.1) is 0 Å². The zero-order valence-corrected chi connectivity index (χ0v) is 13.8. The Balaban J connectivity index is 0.00000192. The predicted molar refractivity (Wildman–Crippen MR) is 90.2 cm³/mol. The van der Waals surface area contributed by atoms with Crippen molar-refractivity contribution < 1.29 is 9.53 Å². The van der Waals surface area contributed by atoms with Crippen LogP contribution in [-0.4, -0.2) is 35.4 Å². The normalized spacial score (nSPS) is 16.7. The van der Waals surface area contributed by atoms with E-state index in [1.165, 1.54) is 0 Å². The lowest BCUT2D eigenvalue weighted by atomic mass is 10.2. The molecule has 23 heavy (non-hydrogen) atoms. The van der Waals surface area contributed by atoms with Gasteiger partial charge in [0.05, 0.1) is 31.1 Å². The first-order valence-electron chi connectivity index (χ1n) is 7.46. The van der Waals surface area contributed by atoms with Crippen molar-refractivity contribution in [1.29, 1.82) is 0 Å². The van der Waals surface area contributed by atoms with Gasteiger partial charge in [-0.15, -0.1) is 12.4 Å². The second-order valence-corrected chi connectivity index (χ2v) is 5.32. The van der Waals surface area contributed by atoms with Gasteiger partial charge in [0, 0.05) is 6.20 Å². The van der Waals surface area contributed by atoms with Crippen LogP contribution in [0.25, 0.3) is 5.69 Å². The zero-order chi connectivity index (χ0) is 15.4.